The second-order valence-electron chi connectivity index (χ2n) is 1.35. The van der Waals surface area contributed by atoms with Crippen LogP contribution in [0.2, 0.25) is 5.09 Å². The molecule has 26 valence electrons. The van der Waals surface area contributed by atoms with Crippen LogP contribution in [0.15, 0.2) is 0 Å². The van der Waals surface area contributed by atoms with E-state index in [1.165, 1.54) is 17.9 Å². The first-order chi connectivity index (χ1) is 2.41. The maximum absolute atomic E-state index is 2.21. The van der Waals surface area contributed by atoms with Crippen LogP contribution >= 0.6 is 0 Å². The van der Waals surface area contributed by atoms with E-state index in [1.807, 2.05) is 0 Å². The molecule has 0 atom stereocenters. The molecule has 0 saturated carbocycles. The molecule has 0 amide bonds. The van der Waals surface area contributed by atoms with Gasteiger partial charge < -0.3 is 0 Å². The van der Waals surface area contributed by atoms with Gasteiger partial charge in [-0.1, -0.05) is 0 Å². The zero-order chi connectivity index (χ0) is 4.12. The van der Waals surface area contributed by atoms with Gasteiger partial charge in [-0.3, -0.25) is 0 Å². The SMILES string of the molecule is [12Li][CH2]CCC. The molecule has 0 radical (unpaired) electrons. The van der Waals surface area contributed by atoms with Gasteiger partial charge in [0.1, 0.15) is 0 Å². The monoisotopic (exact) mass is 69.1 g/mol. The van der Waals surface area contributed by atoms with Crippen molar-refractivity contribution in [3.05, 3.63) is 0 Å². The molecular formula is C4H9Li. The minimum atomic E-state index is 1.34. The van der Waals surface area contributed by atoms with Gasteiger partial charge in [0.15, 0.2) is 0 Å². The summed E-state index contributed by atoms with van der Waals surface area (Å²) in [4.78, 5) is 0. The van der Waals surface area contributed by atoms with Gasteiger partial charge in [0.25, 0.3) is 0 Å². The average Bonchev–Trinajstić information content (AvgIpc) is 1.41. The van der Waals surface area contributed by atoms with Crippen molar-refractivity contribution in [2.75, 3.05) is 0 Å². The van der Waals surface area contributed by atoms with Gasteiger partial charge in [-0.15, -0.1) is 0 Å². The van der Waals surface area contributed by atoms with E-state index in [4.69, 9.17) is 0 Å². The van der Waals surface area contributed by atoms with Crippen LogP contribution in [-0.2, 0) is 0 Å². The maximum atomic E-state index is 2.21. The van der Waals surface area contributed by atoms with Gasteiger partial charge in [-0.25, -0.2) is 0 Å². The zero-order valence-corrected chi connectivity index (χ0v) is 4.12. The first-order valence-corrected chi connectivity index (χ1v) is 2.41. The first-order valence-electron chi connectivity index (χ1n) is 2.41. The summed E-state index contributed by atoms with van der Waals surface area (Å²) in [6.07, 6.45) is 2.73. The molecule has 1 heteroatoms. The Kier molecular flexibility index (Phi) is 5.15. The summed E-state index contributed by atoms with van der Waals surface area (Å²) in [5.74, 6) is 0. The van der Waals surface area contributed by atoms with Gasteiger partial charge in [-0.05, 0) is 0 Å². The van der Waals surface area contributed by atoms with E-state index in [-0.39, 0.29) is 0 Å². The van der Waals surface area contributed by atoms with Crippen molar-refractivity contribution in [1.29, 1.82) is 0 Å². The summed E-state index contributed by atoms with van der Waals surface area (Å²) in [5.41, 5.74) is 0. The number of hydrogen-bond acceptors (Lipinski definition) is 0. The fourth-order valence-corrected chi connectivity index (χ4v) is 0.354. The zero-order valence-electron chi connectivity index (χ0n) is 4.12. The molecule has 0 aromatic rings. The molecule has 0 spiro atoms. The van der Waals surface area contributed by atoms with Gasteiger partial charge in [0, 0.05) is 0 Å². The molecule has 0 aliphatic rings. The molecule has 0 aromatic carbocycles. The van der Waals surface area contributed by atoms with Crippen molar-refractivity contribution >= 4 is 17.7 Å². The third-order valence-corrected chi connectivity index (χ3v) is 0.707. The van der Waals surface area contributed by atoms with Gasteiger partial charge >= 0.3 is 42.6 Å². The molecule has 0 N–H and O–H groups in total. The number of rotatable bonds is 2. The summed E-state index contributed by atoms with van der Waals surface area (Å²) < 4.78 is 0. The van der Waals surface area contributed by atoms with Crippen LogP contribution in [0, 0.1) is 0 Å². The van der Waals surface area contributed by atoms with Crippen molar-refractivity contribution < 1.29 is 0 Å². The molecule has 5 heavy (non-hydrogen) atoms. The predicted octanol–water partition coefficient (Wildman–Crippen LogP) is 1.37. The van der Waals surface area contributed by atoms with E-state index in [1.54, 1.807) is 0 Å². The summed E-state index contributed by atoms with van der Waals surface area (Å²) in [7, 11) is 0. The Morgan fingerprint density at radius 3 is 2.20 bits per heavy atom. The topological polar surface area (TPSA) is 0 Å². The van der Waals surface area contributed by atoms with E-state index in [9.17, 15) is 0 Å². The van der Waals surface area contributed by atoms with Crippen LogP contribution in [0.4, 0.5) is 0 Å². The van der Waals surface area contributed by atoms with E-state index < -0.39 is 0 Å². The fourth-order valence-electron chi connectivity index (χ4n) is 0.354. The van der Waals surface area contributed by atoms with Crippen molar-refractivity contribution in [1.82, 2.24) is 0 Å². The van der Waals surface area contributed by atoms with Gasteiger partial charge in [0.05, 0.1) is 0 Å². The summed E-state index contributed by atoms with van der Waals surface area (Å²) in [6.45, 7) is 2.21. The normalized spacial score (nSPS) is 8.60. The first kappa shape index (κ1) is 5.60. The van der Waals surface area contributed by atoms with Crippen LogP contribution in [0.5, 0.6) is 0 Å². The molecule has 0 rings (SSSR count). The number of hydrogen-bond donors (Lipinski definition) is 0. The Balaban J connectivity index is 2.19. The molecule has 0 unspecified atom stereocenters. The molecule has 0 heterocycles. The quantitative estimate of drug-likeness (QED) is 0.430. The molecule has 0 nitrogen and oxygen atoms in total. The van der Waals surface area contributed by atoms with Crippen LogP contribution in [-0.4, -0.2) is 17.7 Å². The Hall–Kier alpha value is 0.597. The molecule has 0 aromatic heterocycles. The molecular weight excluding hydrogens is 60.1 g/mol. The molecule has 0 aliphatic carbocycles. The van der Waals surface area contributed by atoms with Crippen molar-refractivity contribution in [2.24, 2.45) is 0 Å². The molecule has 0 saturated heterocycles. The average molecular weight is 69.2 g/mol. The standard InChI is InChI=1S/C4H9.Li/c1-3-4-2;/h1,3-4H2,2H3;/i;1+5. The second kappa shape index (κ2) is 4.60. The Labute approximate surface area is 43.2 Å². The summed E-state index contributed by atoms with van der Waals surface area (Å²) in [6, 6.07) is 0. The van der Waals surface area contributed by atoms with Crippen molar-refractivity contribution in [3.63, 3.8) is 0 Å². The minimum absolute atomic E-state index is 1.34. The van der Waals surface area contributed by atoms with Crippen molar-refractivity contribution in [3.8, 4) is 0 Å². The van der Waals surface area contributed by atoms with E-state index in [2.05, 4.69) is 24.6 Å². The van der Waals surface area contributed by atoms with E-state index >= 15 is 0 Å². The Morgan fingerprint density at radius 1 is 1.60 bits per heavy atom. The molecule has 0 bridgehead atoms. The van der Waals surface area contributed by atoms with Gasteiger partial charge in [0.2, 0.25) is 0 Å². The second-order valence-corrected chi connectivity index (χ2v) is 1.35. The fraction of sp³-hybridized carbons (Fsp3) is 1.00. The molecule has 0 aliphatic heterocycles. The summed E-state index contributed by atoms with van der Waals surface area (Å²) in [5, 5.41) is 1.34. The molecule has 0 fully saturated rings. The van der Waals surface area contributed by atoms with E-state index in [0.29, 0.717) is 0 Å². The third kappa shape index (κ3) is 4.60. The number of unbranched alkanes of at least 4 members (excludes halogenated alkanes) is 1. The Morgan fingerprint density at radius 2 is 2.20 bits per heavy atom. The van der Waals surface area contributed by atoms with Gasteiger partial charge in [-0.2, -0.15) is 0 Å². The Bertz CT molecular complexity index is 11.1. The van der Waals surface area contributed by atoms with Crippen LogP contribution in [0.1, 0.15) is 19.8 Å². The summed E-state index contributed by atoms with van der Waals surface area (Å²) >= 11 is 2.21. The third-order valence-electron chi connectivity index (χ3n) is 0.707. The van der Waals surface area contributed by atoms with Crippen molar-refractivity contribution in [2.45, 2.75) is 24.9 Å². The predicted molar refractivity (Wildman–Crippen MR) is 25.5 cm³/mol. The van der Waals surface area contributed by atoms with Crippen LogP contribution < -0.4 is 0 Å². The van der Waals surface area contributed by atoms with E-state index in [0.717, 1.165) is 0 Å². The van der Waals surface area contributed by atoms with Crippen LogP contribution in [0.3, 0.4) is 0 Å². The van der Waals surface area contributed by atoms with Crippen LogP contribution in [0.25, 0.3) is 0 Å².